The van der Waals surface area contributed by atoms with Crippen molar-refractivity contribution in [3.05, 3.63) is 0 Å². The van der Waals surface area contributed by atoms with E-state index in [1.54, 1.807) is 0 Å². The van der Waals surface area contributed by atoms with Gasteiger partial charge in [-0.05, 0) is 58.7 Å². The van der Waals surface area contributed by atoms with Crippen LogP contribution in [0.2, 0.25) is 0 Å². The largest absolute Gasteiger partial charge is 0.314 e. The van der Waals surface area contributed by atoms with Gasteiger partial charge in [-0.3, -0.25) is 0 Å². The highest BCUT2D eigenvalue weighted by molar-refractivity contribution is 5.01. The van der Waals surface area contributed by atoms with Gasteiger partial charge < -0.3 is 10.2 Å². The van der Waals surface area contributed by atoms with Gasteiger partial charge in [0.25, 0.3) is 0 Å². The Morgan fingerprint density at radius 3 is 2.69 bits per heavy atom. The zero-order valence-electron chi connectivity index (χ0n) is 8.97. The van der Waals surface area contributed by atoms with Crippen LogP contribution in [0.5, 0.6) is 0 Å². The number of nitrogens with one attached hydrogen (secondary N) is 1. The van der Waals surface area contributed by atoms with E-state index < -0.39 is 0 Å². The molecule has 0 amide bonds. The fourth-order valence-corrected chi connectivity index (χ4v) is 2.52. The number of hydrogen-bond acceptors (Lipinski definition) is 2. The molecule has 1 saturated heterocycles. The Morgan fingerprint density at radius 2 is 2.23 bits per heavy atom. The second-order valence-electron chi connectivity index (χ2n) is 4.99. The average molecular weight is 182 g/mol. The molecule has 0 bridgehead atoms. The summed E-state index contributed by atoms with van der Waals surface area (Å²) < 4.78 is 0. The van der Waals surface area contributed by atoms with Crippen LogP contribution in [0.3, 0.4) is 0 Å². The van der Waals surface area contributed by atoms with Crippen molar-refractivity contribution in [3.63, 3.8) is 0 Å². The van der Waals surface area contributed by atoms with Crippen molar-refractivity contribution >= 4 is 0 Å². The number of rotatable bonds is 4. The van der Waals surface area contributed by atoms with E-state index in [0.717, 1.165) is 5.92 Å². The van der Waals surface area contributed by atoms with Gasteiger partial charge >= 0.3 is 0 Å². The Balaban J connectivity index is 1.68. The molecule has 1 atom stereocenters. The summed E-state index contributed by atoms with van der Waals surface area (Å²) in [6.07, 6.45) is 7.08. The topological polar surface area (TPSA) is 15.3 Å². The van der Waals surface area contributed by atoms with E-state index in [1.807, 2.05) is 0 Å². The highest BCUT2D eigenvalue weighted by Crippen LogP contribution is 2.40. The molecule has 1 unspecified atom stereocenters. The standard InChI is InChI=1S/C11H22N2/c1-12-11(6-7-11)5-3-10-4-8-13(2)9-10/h10,12H,3-9H2,1-2H3. The first kappa shape index (κ1) is 9.47. The second kappa shape index (κ2) is 3.58. The molecule has 2 heteroatoms. The van der Waals surface area contributed by atoms with Gasteiger partial charge in [0.2, 0.25) is 0 Å². The average Bonchev–Trinajstić information content (AvgIpc) is 2.81. The molecular weight excluding hydrogens is 160 g/mol. The molecule has 2 rings (SSSR count). The van der Waals surface area contributed by atoms with E-state index in [2.05, 4.69) is 24.3 Å². The summed E-state index contributed by atoms with van der Waals surface area (Å²) in [7, 11) is 4.36. The van der Waals surface area contributed by atoms with Crippen LogP contribution in [0.4, 0.5) is 0 Å². The van der Waals surface area contributed by atoms with E-state index in [4.69, 9.17) is 0 Å². The summed E-state index contributed by atoms with van der Waals surface area (Å²) >= 11 is 0. The highest BCUT2D eigenvalue weighted by atomic mass is 15.1. The normalized spacial score (nSPS) is 32.3. The van der Waals surface area contributed by atoms with E-state index in [1.165, 1.54) is 45.2 Å². The lowest BCUT2D eigenvalue weighted by atomic mass is 9.98. The molecule has 0 radical (unpaired) electrons. The molecule has 1 N–H and O–H groups in total. The van der Waals surface area contributed by atoms with Gasteiger partial charge in [-0.15, -0.1) is 0 Å². The molecule has 1 heterocycles. The van der Waals surface area contributed by atoms with Crippen molar-refractivity contribution < 1.29 is 0 Å². The number of hydrogen-bond donors (Lipinski definition) is 1. The van der Waals surface area contributed by atoms with Crippen molar-refractivity contribution in [1.29, 1.82) is 0 Å². The zero-order valence-corrected chi connectivity index (χ0v) is 8.97. The first-order chi connectivity index (χ1) is 6.24. The second-order valence-corrected chi connectivity index (χ2v) is 4.99. The molecule has 76 valence electrons. The smallest absolute Gasteiger partial charge is 0.0180 e. The lowest BCUT2D eigenvalue weighted by molar-refractivity contribution is 0.368. The molecule has 0 aromatic carbocycles. The fourth-order valence-electron chi connectivity index (χ4n) is 2.52. The van der Waals surface area contributed by atoms with Gasteiger partial charge in [0.1, 0.15) is 0 Å². The minimum atomic E-state index is 0.571. The predicted molar refractivity (Wildman–Crippen MR) is 55.9 cm³/mol. The summed E-state index contributed by atoms with van der Waals surface area (Å²) in [5.74, 6) is 0.982. The third-order valence-corrected chi connectivity index (χ3v) is 3.90. The predicted octanol–water partition coefficient (Wildman–Crippen LogP) is 1.47. The maximum absolute atomic E-state index is 3.47. The summed E-state index contributed by atoms with van der Waals surface area (Å²) in [5.41, 5.74) is 0.571. The third kappa shape index (κ3) is 2.23. The van der Waals surface area contributed by atoms with Crippen molar-refractivity contribution in [2.24, 2.45) is 5.92 Å². The minimum absolute atomic E-state index is 0.571. The number of nitrogens with zero attached hydrogens (tertiary/aromatic N) is 1. The Morgan fingerprint density at radius 1 is 1.46 bits per heavy atom. The van der Waals surface area contributed by atoms with Gasteiger partial charge in [-0.2, -0.15) is 0 Å². The van der Waals surface area contributed by atoms with Crippen molar-refractivity contribution in [2.45, 2.75) is 37.6 Å². The first-order valence-corrected chi connectivity index (χ1v) is 5.62. The molecule has 2 fully saturated rings. The summed E-state index contributed by atoms with van der Waals surface area (Å²) in [6, 6.07) is 0. The lowest BCUT2D eigenvalue weighted by Crippen LogP contribution is -2.28. The molecule has 1 saturated carbocycles. The molecule has 0 aromatic rings. The summed E-state index contributed by atoms with van der Waals surface area (Å²) in [5, 5.41) is 3.47. The maximum Gasteiger partial charge on any atom is 0.0180 e. The Hall–Kier alpha value is -0.0800. The Bertz CT molecular complexity index is 175. The van der Waals surface area contributed by atoms with Gasteiger partial charge in [0.05, 0.1) is 0 Å². The van der Waals surface area contributed by atoms with Crippen LogP contribution >= 0.6 is 0 Å². The molecule has 0 aromatic heterocycles. The van der Waals surface area contributed by atoms with E-state index in [0.29, 0.717) is 5.54 Å². The van der Waals surface area contributed by atoms with Crippen molar-refractivity contribution in [2.75, 3.05) is 27.2 Å². The zero-order chi connectivity index (χ0) is 9.31. The van der Waals surface area contributed by atoms with Crippen LogP contribution in [0, 0.1) is 5.92 Å². The summed E-state index contributed by atoms with van der Waals surface area (Å²) in [6.45, 7) is 2.65. The monoisotopic (exact) mass is 182 g/mol. The first-order valence-electron chi connectivity index (χ1n) is 5.62. The molecule has 2 aliphatic rings. The quantitative estimate of drug-likeness (QED) is 0.708. The third-order valence-electron chi connectivity index (χ3n) is 3.90. The van der Waals surface area contributed by atoms with Gasteiger partial charge in [-0.1, -0.05) is 0 Å². The molecule has 13 heavy (non-hydrogen) atoms. The van der Waals surface area contributed by atoms with Crippen LogP contribution in [0.15, 0.2) is 0 Å². The van der Waals surface area contributed by atoms with Crippen LogP contribution in [-0.4, -0.2) is 37.6 Å². The molecule has 1 aliphatic heterocycles. The Labute approximate surface area is 81.7 Å². The van der Waals surface area contributed by atoms with Crippen LogP contribution in [-0.2, 0) is 0 Å². The minimum Gasteiger partial charge on any atom is -0.314 e. The maximum atomic E-state index is 3.47. The molecule has 2 nitrogen and oxygen atoms in total. The molecule has 1 aliphatic carbocycles. The van der Waals surface area contributed by atoms with Gasteiger partial charge in [-0.25, -0.2) is 0 Å². The van der Waals surface area contributed by atoms with E-state index in [-0.39, 0.29) is 0 Å². The highest BCUT2D eigenvalue weighted by Gasteiger charge is 2.40. The van der Waals surface area contributed by atoms with Gasteiger partial charge in [0.15, 0.2) is 0 Å². The van der Waals surface area contributed by atoms with Crippen molar-refractivity contribution in [3.8, 4) is 0 Å². The molecule has 0 spiro atoms. The van der Waals surface area contributed by atoms with Crippen LogP contribution in [0.25, 0.3) is 0 Å². The lowest BCUT2D eigenvalue weighted by Gasteiger charge is -2.16. The number of likely N-dealkylation sites (tertiary alicyclic amines) is 1. The van der Waals surface area contributed by atoms with Crippen LogP contribution in [0.1, 0.15) is 32.1 Å². The fraction of sp³-hybridized carbons (Fsp3) is 1.00. The van der Waals surface area contributed by atoms with E-state index >= 15 is 0 Å². The molecular formula is C11H22N2. The SMILES string of the molecule is CNC1(CCC2CCN(C)C2)CC1. The van der Waals surface area contributed by atoms with E-state index in [9.17, 15) is 0 Å². The Kier molecular flexibility index (Phi) is 2.61. The van der Waals surface area contributed by atoms with Crippen molar-refractivity contribution in [1.82, 2.24) is 10.2 Å². The van der Waals surface area contributed by atoms with Gasteiger partial charge in [0, 0.05) is 12.1 Å². The summed E-state index contributed by atoms with van der Waals surface area (Å²) in [4.78, 5) is 2.46. The van der Waals surface area contributed by atoms with Crippen LogP contribution < -0.4 is 5.32 Å².